The Hall–Kier alpha value is -3.54. The second-order valence-electron chi connectivity index (χ2n) is 7.80. The third-order valence-electron chi connectivity index (χ3n) is 5.22. The van der Waals surface area contributed by atoms with Gasteiger partial charge in [0.15, 0.2) is 0 Å². The number of rotatable bonds is 10. The van der Waals surface area contributed by atoms with Crippen LogP contribution in [0, 0.1) is 20.8 Å². The molecule has 0 aliphatic rings. The minimum absolute atomic E-state index is 0.212. The zero-order valence-corrected chi connectivity index (χ0v) is 19.9. The highest BCUT2D eigenvalue weighted by Gasteiger charge is 2.14. The van der Waals surface area contributed by atoms with E-state index in [1.54, 1.807) is 6.92 Å². The molecule has 1 heterocycles. The Morgan fingerprint density at radius 3 is 2.48 bits per heavy atom. The lowest BCUT2D eigenvalue weighted by Crippen LogP contribution is -2.06. The highest BCUT2D eigenvalue weighted by molar-refractivity contribution is 5.81. The van der Waals surface area contributed by atoms with Crippen LogP contribution < -0.4 is 4.74 Å². The molecule has 0 saturated carbocycles. The molecule has 0 aliphatic heterocycles. The number of carbonyl (C=O) groups is 1. The number of esters is 1. The number of aryl methyl sites for hydroxylation is 3. The van der Waals surface area contributed by atoms with Gasteiger partial charge in [0.05, 0.1) is 31.2 Å². The van der Waals surface area contributed by atoms with Crippen molar-refractivity contribution >= 4 is 5.97 Å². The van der Waals surface area contributed by atoms with Crippen LogP contribution in [-0.4, -0.2) is 24.2 Å². The molecule has 0 bridgehead atoms. The van der Waals surface area contributed by atoms with Crippen molar-refractivity contribution in [1.82, 2.24) is 4.98 Å². The van der Waals surface area contributed by atoms with E-state index in [-0.39, 0.29) is 6.10 Å². The number of carbonyl (C=O) groups excluding carboxylic acids is 1. The molecule has 0 N–H and O–H groups in total. The second-order valence-corrected chi connectivity index (χ2v) is 7.80. The van der Waals surface area contributed by atoms with Crippen molar-refractivity contribution in [2.75, 3.05) is 13.2 Å². The highest BCUT2D eigenvalue weighted by Crippen LogP contribution is 2.29. The van der Waals surface area contributed by atoms with Crippen molar-refractivity contribution in [1.29, 1.82) is 0 Å². The van der Waals surface area contributed by atoms with E-state index >= 15 is 0 Å². The van der Waals surface area contributed by atoms with Gasteiger partial charge in [-0.05, 0) is 75.6 Å². The van der Waals surface area contributed by atoms with Crippen LogP contribution in [0.15, 0.2) is 59.2 Å². The minimum atomic E-state index is -0.418. The van der Waals surface area contributed by atoms with E-state index in [9.17, 15) is 4.79 Å². The Kier molecular flexibility index (Phi) is 8.30. The molecule has 0 aliphatic carbocycles. The molecule has 33 heavy (non-hydrogen) atoms. The van der Waals surface area contributed by atoms with Crippen LogP contribution in [-0.2, 0) is 20.7 Å². The quantitative estimate of drug-likeness (QED) is 0.213. The van der Waals surface area contributed by atoms with Gasteiger partial charge < -0.3 is 18.6 Å². The van der Waals surface area contributed by atoms with Crippen molar-refractivity contribution in [3.63, 3.8) is 0 Å². The fourth-order valence-electron chi connectivity index (χ4n) is 3.54. The largest absolute Gasteiger partial charge is 0.493 e. The smallest absolute Gasteiger partial charge is 0.333 e. The summed E-state index contributed by atoms with van der Waals surface area (Å²) in [6.45, 7) is 10.5. The highest BCUT2D eigenvalue weighted by atomic mass is 16.5. The van der Waals surface area contributed by atoms with Gasteiger partial charge in [0.25, 0.3) is 0 Å². The molecule has 0 radical (unpaired) electrons. The Morgan fingerprint density at radius 1 is 1.12 bits per heavy atom. The monoisotopic (exact) mass is 449 g/mol. The Bertz CT molecular complexity index is 1080. The first-order valence-electron chi connectivity index (χ1n) is 11.1. The van der Waals surface area contributed by atoms with E-state index in [4.69, 9.17) is 18.6 Å². The summed E-state index contributed by atoms with van der Waals surface area (Å²) in [5.41, 5.74) is 4.92. The van der Waals surface area contributed by atoms with Crippen LogP contribution >= 0.6 is 0 Å². The van der Waals surface area contributed by atoms with Crippen LogP contribution in [0.3, 0.4) is 0 Å². The maximum Gasteiger partial charge on any atom is 0.333 e. The number of hydrogen-bond donors (Lipinski definition) is 0. The van der Waals surface area contributed by atoms with Gasteiger partial charge >= 0.3 is 5.97 Å². The van der Waals surface area contributed by atoms with Crippen LogP contribution in [0.4, 0.5) is 0 Å². The molecular weight excluding hydrogens is 418 g/mol. The zero-order valence-electron chi connectivity index (χ0n) is 19.9. The van der Waals surface area contributed by atoms with Gasteiger partial charge in [0.1, 0.15) is 17.6 Å². The lowest BCUT2D eigenvalue weighted by Gasteiger charge is -2.17. The van der Waals surface area contributed by atoms with Gasteiger partial charge in [0.2, 0.25) is 5.89 Å². The van der Waals surface area contributed by atoms with E-state index < -0.39 is 5.97 Å². The maximum atomic E-state index is 11.4. The van der Waals surface area contributed by atoms with E-state index in [1.165, 1.54) is 12.3 Å². The SMILES string of the molecule is CCOC(=O)/C=C/OC(C)c1cc(C)c(OCCc2nc(-c3ccccc3)oc2C)c(C)c1. The normalized spacial score (nSPS) is 12.0. The second kappa shape index (κ2) is 11.4. The van der Waals surface area contributed by atoms with Crippen molar-refractivity contribution in [3.05, 3.63) is 82.9 Å². The molecule has 3 aromatic rings. The van der Waals surface area contributed by atoms with E-state index in [2.05, 4.69) is 4.98 Å². The molecule has 0 amide bonds. The standard InChI is InChI=1S/C27H31NO5/c1-6-30-25(29)13-15-31-20(4)23-16-18(2)26(19(3)17-23)32-14-12-24-21(5)33-27(28-24)22-10-8-7-9-11-22/h7-11,13,15-17,20H,6,12,14H2,1-5H3/b15-13+. The number of oxazole rings is 1. The number of aromatic nitrogens is 1. The van der Waals surface area contributed by atoms with Gasteiger partial charge in [-0.25, -0.2) is 9.78 Å². The van der Waals surface area contributed by atoms with E-state index in [0.717, 1.165) is 39.5 Å². The number of nitrogens with zero attached hydrogens (tertiary/aromatic N) is 1. The lowest BCUT2D eigenvalue weighted by atomic mass is 10.0. The molecule has 1 atom stereocenters. The molecular formula is C27H31NO5. The van der Waals surface area contributed by atoms with Crippen molar-refractivity contribution < 1.29 is 23.4 Å². The third kappa shape index (κ3) is 6.48. The molecule has 1 unspecified atom stereocenters. The summed E-state index contributed by atoms with van der Waals surface area (Å²) in [4.78, 5) is 16.0. The van der Waals surface area contributed by atoms with Crippen LogP contribution in [0.25, 0.3) is 11.5 Å². The third-order valence-corrected chi connectivity index (χ3v) is 5.22. The van der Waals surface area contributed by atoms with Crippen molar-refractivity contribution in [2.45, 2.75) is 47.1 Å². The molecule has 1 aromatic heterocycles. The van der Waals surface area contributed by atoms with Gasteiger partial charge in [-0.3, -0.25) is 0 Å². The van der Waals surface area contributed by atoms with Crippen molar-refractivity contribution in [3.8, 4) is 17.2 Å². The summed E-state index contributed by atoms with van der Waals surface area (Å²) < 4.78 is 22.5. The van der Waals surface area contributed by atoms with Crippen molar-refractivity contribution in [2.24, 2.45) is 0 Å². The van der Waals surface area contributed by atoms with Gasteiger partial charge in [-0.1, -0.05) is 18.2 Å². The fourth-order valence-corrected chi connectivity index (χ4v) is 3.54. The maximum absolute atomic E-state index is 11.4. The summed E-state index contributed by atoms with van der Waals surface area (Å²) >= 11 is 0. The summed E-state index contributed by atoms with van der Waals surface area (Å²) in [6, 6.07) is 14.0. The fraction of sp³-hybridized carbons (Fsp3) is 0.333. The predicted molar refractivity (Wildman–Crippen MR) is 127 cm³/mol. The number of hydrogen-bond acceptors (Lipinski definition) is 6. The van der Waals surface area contributed by atoms with Gasteiger partial charge in [-0.15, -0.1) is 0 Å². The first-order chi connectivity index (χ1) is 15.9. The Balaban J connectivity index is 1.60. The average molecular weight is 450 g/mol. The summed E-state index contributed by atoms with van der Waals surface area (Å²) in [7, 11) is 0. The first kappa shape index (κ1) is 24.1. The summed E-state index contributed by atoms with van der Waals surface area (Å²) in [5, 5.41) is 0. The topological polar surface area (TPSA) is 70.8 Å². The zero-order chi connectivity index (χ0) is 23.8. The Morgan fingerprint density at radius 2 is 1.82 bits per heavy atom. The molecule has 174 valence electrons. The summed E-state index contributed by atoms with van der Waals surface area (Å²) in [6.07, 6.45) is 3.10. The molecule has 0 fully saturated rings. The summed E-state index contributed by atoms with van der Waals surface area (Å²) in [5.74, 6) is 1.88. The Labute approximate surface area is 195 Å². The number of ether oxygens (including phenoxy) is 3. The predicted octanol–water partition coefficient (Wildman–Crippen LogP) is 6.04. The molecule has 0 saturated heterocycles. The molecule has 6 heteroatoms. The van der Waals surface area contributed by atoms with Crippen LogP contribution in [0.2, 0.25) is 0 Å². The van der Waals surface area contributed by atoms with E-state index in [1.807, 2.05) is 70.2 Å². The van der Waals surface area contributed by atoms with E-state index in [0.29, 0.717) is 25.5 Å². The molecule has 2 aromatic carbocycles. The first-order valence-corrected chi connectivity index (χ1v) is 11.1. The van der Waals surface area contributed by atoms with Gasteiger partial charge in [0, 0.05) is 12.0 Å². The van der Waals surface area contributed by atoms with Crippen LogP contribution in [0.5, 0.6) is 5.75 Å². The van der Waals surface area contributed by atoms with Gasteiger partial charge in [-0.2, -0.15) is 0 Å². The minimum Gasteiger partial charge on any atom is -0.493 e. The molecule has 6 nitrogen and oxygen atoms in total. The lowest BCUT2D eigenvalue weighted by molar-refractivity contribution is -0.137. The molecule has 3 rings (SSSR count). The average Bonchev–Trinajstić information content (AvgIpc) is 3.16. The molecule has 0 spiro atoms. The van der Waals surface area contributed by atoms with Crippen LogP contribution in [0.1, 0.15) is 48.1 Å². The number of benzene rings is 2.